The van der Waals surface area contributed by atoms with E-state index in [9.17, 15) is 12.8 Å². The van der Waals surface area contributed by atoms with Crippen LogP contribution in [0.25, 0.3) is 11.5 Å². The molecule has 0 aliphatic rings. The van der Waals surface area contributed by atoms with Crippen LogP contribution in [0.4, 0.5) is 10.1 Å². The smallest absolute Gasteiger partial charge is 0.265 e. The number of H-pyrrole nitrogens is 1. The third kappa shape index (κ3) is 2.98. The van der Waals surface area contributed by atoms with Crippen molar-refractivity contribution in [2.24, 2.45) is 0 Å². The van der Waals surface area contributed by atoms with Gasteiger partial charge in [-0.3, -0.25) is 9.82 Å². The molecule has 0 fully saturated rings. The van der Waals surface area contributed by atoms with E-state index < -0.39 is 15.8 Å². The largest absolute Gasteiger partial charge is 0.458 e. The zero-order valence-corrected chi connectivity index (χ0v) is 13.2. The molecule has 1 aromatic carbocycles. The number of aryl methyl sites for hydroxylation is 2. The van der Waals surface area contributed by atoms with Gasteiger partial charge >= 0.3 is 0 Å². The maximum atomic E-state index is 13.6. The predicted molar refractivity (Wildman–Crippen MR) is 83.0 cm³/mol. The normalized spacial score (nSPS) is 11.6. The molecule has 8 heteroatoms. The summed E-state index contributed by atoms with van der Waals surface area (Å²) in [6.45, 7) is 3.35. The van der Waals surface area contributed by atoms with Gasteiger partial charge in [-0.2, -0.15) is 5.10 Å². The highest BCUT2D eigenvalue weighted by molar-refractivity contribution is 7.92. The van der Waals surface area contributed by atoms with Crippen LogP contribution in [0.1, 0.15) is 11.5 Å². The summed E-state index contributed by atoms with van der Waals surface area (Å²) in [7, 11) is -3.97. The van der Waals surface area contributed by atoms with Crippen LogP contribution >= 0.6 is 0 Å². The monoisotopic (exact) mass is 335 g/mol. The number of nitrogens with zero attached hydrogens (tertiary/aromatic N) is 1. The number of sulfonamides is 1. The molecule has 0 unspecified atom stereocenters. The molecule has 0 aliphatic heterocycles. The van der Waals surface area contributed by atoms with Crippen LogP contribution in [0.5, 0.6) is 0 Å². The maximum absolute atomic E-state index is 13.6. The summed E-state index contributed by atoms with van der Waals surface area (Å²) >= 11 is 0. The Morgan fingerprint density at radius 2 is 1.96 bits per heavy atom. The molecule has 3 rings (SSSR count). The predicted octanol–water partition coefficient (Wildman–Crippen LogP) is 3.23. The number of halogens is 1. The van der Waals surface area contributed by atoms with Crippen LogP contribution in [-0.2, 0) is 10.0 Å². The molecule has 0 atom stereocenters. The minimum absolute atomic E-state index is 0.0589. The first-order valence-corrected chi connectivity index (χ1v) is 8.25. The lowest BCUT2D eigenvalue weighted by Gasteiger charge is -2.07. The Morgan fingerprint density at radius 3 is 2.61 bits per heavy atom. The van der Waals surface area contributed by atoms with Crippen LogP contribution in [0.3, 0.4) is 0 Å². The van der Waals surface area contributed by atoms with E-state index in [2.05, 4.69) is 14.9 Å². The lowest BCUT2D eigenvalue weighted by atomic mass is 10.3. The second kappa shape index (κ2) is 5.54. The van der Waals surface area contributed by atoms with Gasteiger partial charge in [0.15, 0.2) is 5.76 Å². The average Bonchev–Trinajstić information content (AvgIpc) is 3.07. The van der Waals surface area contributed by atoms with Crippen molar-refractivity contribution in [2.45, 2.75) is 18.7 Å². The molecule has 2 N–H and O–H groups in total. The number of aromatic nitrogens is 2. The quantitative estimate of drug-likeness (QED) is 0.766. The number of hydrogen-bond donors (Lipinski definition) is 2. The number of para-hydroxylation sites is 1. The molecular weight excluding hydrogens is 321 g/mol. The Balaban J connectivity index is 1.97. The lowest BCUT2D eigenvalue weighted by Crippen LogP contribution is -2.14. The van der Waals surface area contributed by atoms with E-state index in [0.717, 1.165) is 5.69 Å². The summed E-state index contributed by atoms with van der Waals surface area (Å²) < 4.78 is 46.3. The molecule has 0 radical (unpaired) electrons. The van der Waals surface area contributed by atoms with Crippen LogP contribution in [0, 0.1) is 19.7 Å². The van der Waals surface area contributed by atoms with E-state index in [1.807, 2.05) is 6.92 Å². The van der Waals surface area contributed by atoms with E-state index in [-0.39, 0.29) is 16.3 Å². The number of nitrogens with one attached hydrogen (secondary N) is 2. The van der Waals surface area contributed by atoms with Gasteiger partial charge in [0.2, 0.25) is 0 Å². The molecule has 0 aliphatic carbocycles. The topological polar surface area (TPSA) is 88.0 Å². The maximum Gasteiger partial charge on any atom is 0.265 e. The van der Waals surface area contributed by atoms with Gasteiger partial charge in [0.1, 0.15) is 22.2 Å². The van der Waals surface area contributed by atoms with Crippen molar-refractivity contribution in [3.05, 3.63) is 53.7 Å². The number of benzene rings is 1. The zero-order valence-electron chi connectivity index (χ0n) is 12.4. The lowest BCUT2D eigenvalue weighted by molar-refractivity contribution is 0.533. The molecule has 6 nitrogen and oxygen atoms in total. The van der Waals surface area contributed by atoms with Crippen molar-refractivity contribution in [1.82, 2.24) is 10.2 Å². The molecule has 0 bridgehead atoms. The van der Waals surface area contributed by atoms with E-state index in [1.165, 1.54) is 31.2 Å². The number of hydrogen-bond acceptors (Lipinski definition) is 4. The molecular formula is C15H14FN3O3S. The molecule has 0 saturated heterocycles. The highest BCUT2D eigenvalue weighted by atomic mass is 32.2. The first-order chi connectivity index (χ1) is 10.9. The van der Waals surface area contributed by atoms with Gasteiger partial charge < -0.3 is 4.42 Å². The van der Waals surface area contributed by atoms with Crippen LogP contribution in [-0.4, -0.2) is 18.6 Å². The summed E-state index contributed by atoms with van der Waals surface area (Å²) in [6.07, 6.45) is 0. The fraction of sp³-hybridized carbons (Fsp3) is 0.133. The number of rotatable bonds is 4. The third-order valence-corrected chi connectivity index (χ3v) is 4.71. The molecule has 3 aromatic rings. The van der Waals surface area contributed by atoms with Crippen molar-refractivity contribution in [1.29, 1.82) is 0 Å². The molecule has 23 heavy (non-hydrogen) atoms. The van der Waals surface area contributed by atoms with Gasteiger partial charge in [0.25, 0.3) is 10.0 Å². The fourth-order valence-electron chi connectivity index (χ4n) is 2.15. The molecule has 0 amide bonds. The van der Waals surface area contributed by atoms with E-state index >= 15 is 0 Å². The van der Waals surface area contributed by atoms with Crippen molar-refractivity contribution < 1.29 is 17.2 Å². The fourth-order valence-corrected chi connectivity index (χ4v) is 3.39. The minimum Gasteiger partial charge on any atom is -0.458 e. The van der Waals surface area contributed by atoms with E-state index in [4.69, 9.17) is 4.42 Å². The standard InChI is InChI=1S/C15H14FN3O3S/c1-9-7-13(18-17-9)14-8-15(10(2)22-14)23(20,21)19-12-6-4-3-5-11(12)16/h3-8,19H,1-2H3,(H,17,18). The Morgan fingerprint density at radius 1 is 1.22 bits per heavy atom. The van der Waals surface area contributed by atoms with Crippen LogP contribution in [0.2, 0.25) is 0 Å². The number of anilines is 1. The molecule has 0 saturated carbocycles. The Bertz CT molecular complexity index is 960. The SMILES string of the molecule is Cc1cc(-c2cc(S(=O)(=O)Nc3ccccc3F)c(C)o2)n[nH]1. The zero-order chi connectivity index (χ0) is 16.6. The first kappa shape index (κ1) is 15.3. The van der Waals surface area contributed by atoms with Crippen molar-refractivity contribution in [3.63, 3.8) is 0 Å². The van der Waals surface area contributed by atoms with Gasteiger partial charge in [-0.25, -0.2) is 12.8 Å². The number of aromatic amines is 1. The first-order valence-electron chi connectivity index (χ1n) is 6.77. The highest BCUT2D eigenvalue weighted by Crippen LogP contribution is 2.29. The average molecular weight is 335 g/mol. The van der Waals surface area contributed by atoms with E-state index in [0.29, 0.717) is 11.5 Å². The third-order valence-electron chi connectivity index (χ3n) is 3.24. The minimum atomic E-state index is -3.97. The summed E-state index contributed by atoms with van der Waals surface area (Å²) in [5.74, 6) is -0.134. The van der Waals surface area contributed by atoms with Gasteiger partial charge in [-0.1, -0.05) is 12.1 Å². The molecule has 0 spiro atoms. The molecule has 120 valence electrons. The van der Waals surface area contributed by atoms with Crippen LogP contribution < -0.4 is 4.72 Å². The van der Waals surface area contributed by atoms with Gasteiger partial charge in [0.05, 0.1) is 5.69 Å². The summed E-state index contributed by atoms with van der Waals surface area (Å²) in [5, 5.41) is 6.78. The Hall–Kier alpha value is -2.61. The summed E-state index contributed by atoms with van der Waals surface area (Å²) in [4.78, 5) is -0.0589. The highest BCUT2D eigenvalue weighted by Gasteiger charge is 2.23. The number of furan rings is 1. The second-order valence-corrected chi connectivity index (χ2v) is 6.70. The van der Waals surface area contributed by atoms with E-state index in [1.54, 1.807) is 12.1 Å². The van der Waals surface area contributed by atoms with Gasteiger partial charge in [-0.15, -0.1) is 0 Å². The van der Waals surface area contributed by atoms with Crippen molar-refractivity contribution >= 4 is 15.7 Å². The Labute approximate surface area is 132 Å². The summed E-state index contributed by atoms with van der Waals surface area (Å²) in [6, 6.07) is 8.65. The summed E-state index contributed by atoms with van der Waals surface area (Å²) in [5.41, 5.74) is 1.20. The second-order valence-electron chi connectivity index (χ2n) is 5.05. The van der Waals surface area contributed by atoms with Crippen LogP contribution in [0.15, 0.2) is 45.7 Å². The van der Waals surface area contributed by atoms with Gasteiger partial charge in [-0.05, 0) is 32.0 Å². The van der Waals surface area contributed by atoms with Crippen molar-refractivity contribution in [2.75, 3.05) is 4.72 Å². The molecule has 2 heterocycles. The Kier molecular flexibility index (Phi) is 3.69. The molecule has 2 aromatic heterocycles. The van der Waals surface area contributed by atoms with Gasteiger partial charge in [0, 0.05) is 11.8 Å². The van der Waals surface area contributed by atoms with Crippen molar-refractivity contribution in [3.8, 4) is 11.5 Å².